The molecule has 0 saturated heterocycles. The van der Waals surface area contributed by atoms with Crippen LogP contribution < -0.4 is 4.84 Å². The van der Waals surface area contributed by atoms with Crippen LogP contribution in [0.2, 0.25) is 0 Å². The van der Waals surface area contributed by atoms with Crippen molar-refractivity contribution in [2.75, 3.05) is 0 Å². The number of carbonyl (C=O) groups is 1. The Bertz CT molecular complexity index is 720. The van der Waals surface area contributed by atoms with Crippen molar-refractivity contribution in [3.8, 4) is 0 Å². The van der Waals surface area contributed by atoms with E-state index < -0.39 is 4.75 Å². The van der Waals surface area contributed by atoms with Gasteiger partial charge in [-0.3, -0.25) is 0 Å². The van der Waals surface area contributed by atoms with Crippen LogP contribution in [0.3, 0.4) is 0 Å². The van der Waals surface area contributed by atoms with Gasteiger partial charge in [-0.25, -0.2) is 4.79 Å². The molecule has 116 valence electrons. The second-order valence-corrected chi connectivity index (χ2v) is 8.03. The maximum Gasteiger partial charge on any atom is 0.349 e. The van der Waals surface area contributed by atoms with Gasteiger partial charge in [0.1, 0.15) is 4.75 Å². The van der Waals surface area contributed by atoms with Crippen molar-refractivity contribution in [2.45, 2.75) is 29.9 Å². The van der Waals surface area contributed by atoms with Crippen molar-refractivity contribution in [2.24, 2.45) is 0 Å². The fraction of sp³-hybridized carbons (Fsp3) is 0.250. The Kier molecular flexibility index (Phi) is 5.61. The van der Waals surface area contributed by atoms with E-state index >= 15 is 0 Å². The summed E-state index contributed by atoms with van der Waals surface area (Å²) in [4.78, 5) is 19.2. The van der Waals surface area contributed by atoms with Crippen LogP contribution in [-0.4, -0.2) is 15.4 Å². The molecule has 1 atom stereocenters. The Labute approximate surface area is 143 Å². The van der Waals surface area contributed by atoms with Gasteiger partial charge in [-0.05, 0) is 44.6 Å². The fourth-order valence-corrected chi connectivity index (χ4v) is 3.96. The second-order valence-electron chi connectivity index (χ2n) is 4.95. The molecule has 0 fully saturated rings. The molecule has 0 aliphatic heterocycles. The number of thioether (sulfide) groups is 1. The summed E-state index contributed by atoms with van der Waals surface area (Å²) in [5.74, 6) is -0.334. The van der Waals surface area contributed by atoms with E-state index in [4.69, 9.17) is 17.1 Å². The van der Waals surface area contributed by atoms with Crippen LogP contribution >= 0.6 is 35.3 Å². The number of hydrogen-bond acceptors (Lipinski definition) is 5. The van der Waals surface area contributed by atoms with Gasteiger partial charge in [0.05, 0.1) is 5.69 Å². The van der Waals surface area contributed by atoms with E-state index in [9.17, 15) is 4.79 Å². The second kappa shape index (κ2) is 7.26. The smallest absolute Gasteiger partial charge is 0.333 e. The van der Waals surface area contributed by atoms with Gasteiger partial charge in [0, 0.05) is 10.3 Å². The van der Waals surface area contributed by atoms with E-state index in [0.717, 1.165) is 10.6 Å². The number of hydrogen-bond donors (Lipinski definition) is 0. The highest BCUT2D eigenvalue weighted by Gasteiger charge is 2.36. The molecule has 0 bridgehead atoms. The van der Waals surface area contributed by atoms with Gasteiger partial charge < -0.3 is 4.84 Å². The molecule has 0 radical (unpaired) electrons. The average Bonchev–Trinajstić information content (AvgIpc) is 2.80. The van der Waals surface area contributed by atoms with E-state index in [-0.39, 0.29) is 5.97 Å². The Balaban J connectivity index is 2.24. The highest BCUT2D eigenvalue weighted by atomic mass is 32.2. The summed E-state index contributed by atoms with van der Waals surface area (Å²) in [5, 5.41) is 1.87. The number of allylic oxidation sites excluding steroid dienone is 1. The van der Waals surface area contributed by atoms with Crippen LogP contribution in [0.1, 0.15) is 19.0 Å². The topological polar surface area (TPSA) is 31.2 Å². The van der Waals surface area contributed by atoms with Crippen molar-refractivity contribution in [3.05, 3.63) is 58.0 Å². The highest BCUT2D eigenvalue weighted by molar-refractivity contribution is 8.01. The van der Waals surface area contributed by atoms with Crippen LogP contribution in [0.5, 0.6) is 0 Å². The lowest BCUT2D eigenvalue weighted by Crippen LogP contribution is -2.39. The minimum Gasteiger partial charge on any atom is -0.333 e. The molecule has 3 nitrogen and oxygen atoms in total. The van der Waals surface area contributed by atoms with Crippen molar-refractivity contribution < 1.29 is 9.63 Å². The number of aryl methyl sites for hydroxylation is 1. The largest absolute Gasteiger partial charge is 0.349 e. The zero-order valence-corrected chi connectivity index (χ0v) is 14.9. The van der Waals surface area contributed by atoms with Crippen molar-refractivity contribution in [1.82, 2.24) is 4.73 Å². The van der Waals surface area contributed by atoms with Gasteiger partial charge in [0.2, 0.25) is 0 Å². The summed E-state index contributed by atoms with van der Waals surface area (Å²) in [6.45, 7) is 7.47. The van der Waals surface area contributed by atoms with E-state index in [2.05, 4.69) is 6.58 Å². The molecule has 0 aliphatic rings. The van der Waals surface area contributed by atoms with Crippen LogP contribution in [0.15, 0.2) is 53.3 Å². The van der Waals surface area contributed by atoms with Gasteiger partial charge in [-0.15, -0.1) is 29.7 Å². The van der Waals surface area contributed by atoms with Gasteiger partial charge in [0.25, 0.3) is 0 Å². The Morgan fingerprint density at radius 3 is 2.73 bits per heavy atom. The van der Waals surface area contributed by atoms with Crippen LogP contribution in [-0.2, 0) is 4.79 Å². The number of benzene rings is 1. The zero-order chi connectivity index (χ0) is 16.2. The molecule has 0 aliphatic carbocycles. The molecule has 6 heteroatoms. The molecule has 0 amide bonds. The number of carbonyl (C=O) groups excluding carboxylic acids is 1. The Hall–Kier alpha value is -1.37. The quantitative estimate of drug-likeness (QED) is 0.430. The van der Waals surface area contributed by atoms with E-state index in [0.29, 0.717) is 10.4 Å². The predicted octanol–water partition coefficient (Wildman–Crippen LogP) is 4.67. The summed E-state index contributed by atoms with van der Waals surface area (Å²) < 4.78 is 1.18. The molecule has 22 heavy (non-hydrogen) atoms. The average molecular weight is 352 g/mol. The standard InChI is InChI=1S/C16H17NO2S3/c1-4-10-16(3,22-13-8-6-5-7-9-13)14(18)19-17-12(2)11-21-15(17)20/h4-9,11H,1,10H2,2-3H3. The third-order valence-corrected chi connectivity index (χ3v) is 5.62. The van der Waals surface area contributed by atoms with Crippen molar-refractivity contribution >= 4 is 41.3 Å². The molecule has 0 spiro atoms. The molecule has 1 heterocycles. The molecule has 1 aromatic heterocycles. The number of thiazole rings is 1. The molecule has 1 aromatic carbocycles. The van der Waals surface area contributed by atoms with Crippen LogP contribution in [0.4, 0.5) is 0 Å². The third-order valence-electron chi connectivity index (χ3n) is 3.04. The maximum atomic E-state index is 12.7. The first kappa shape index (κ1) is 17.0. The number of aromatic nitrogens is 1. The van der Waals surface area contributed by atoms with E-state index in [1.807, 2.05) is 49.6 Å². The van der Waals surface area contributed by atoms with Gasteiger partial charge in [-0.2, -0.15) is 4.73 Å². The molecule has 2 aromatic rings. The van der Waals surface area contributed by atoms with Gasteiger partial charge in [0.15, 0.2) is 3.95 Å². The first-order chi connectivity index (χ1) is 10.5. The van der Waals surface area contributed by atoms with E-state index in [1.54, 1.807) is 6.08 Å². The van der Waals surface area contributed by atoms with Crippen molar-refractivity contribution in [1.29, 1.82) is 0 Å². The third kappa shape index (κ3) is 3.88. The minimum atomic E-state index is -0.758. The molecule has 0 N–H and O–H groups in total. The Morgan fingerprint density at radius 1 is 1.50 bits per heavy atom. The molecule has 2 rings (SSSR count). The monoisotopic (exact) mass is 351 g/mol. The Morgan fingerprint density at radius 2 is 2.18 bits per heavy atom. The summed E-state index contributed by atoms with van der Waals surface area (Å²) in [5.41, 5.74) is 0.814. The maximum absolute atomic E-state index is 12.7. The number of rotatable bonds is 6. The van der Waals surface area contributed by atoms with Crippen LogP contribution in [0.25, 0.3) is 0 Å². The molecule has 0 saturated carbocycles. The lowest BCUT2D eigenvalue weighted by atomic mass is 10.1. The molecular formula is C16H17NO2S3. The normalized spacial score (nSPS) is 13.4. The van der Waals surface area contributed by atoms with Gasteiger partial charge >= 0.3 is 5.97 Å². The highest BCUT2D eigenvalue weighted by Crippen LogP contribution is 2.36. The molecule has 1 unspecified atom stereocenters. The summed E-state index contributed by atoms with van der Waals surface area (Å²) in [7, 11) is 0. The first-order valence-corrected chi connectivity index (χ1v) is 8.81. The summed E-state index contributed by atoms with van der Waals surface area (Å²) >= 11 is 8.03. The summed E-state index contributed by atoms with van der Waals surface area (Å²) in [6.07, 6.45) is 2.23. The first-order valence-electron chi connectivity index (χ1n) is 6.71. The lowest BCUT2D eigenvalue weighted by molar-refractivity contribution is -0.146. The SMILES string of the molecule is C=CCC(C)(Sc1ccccc1)C(=O)On1c(C)csc1=S. The van der Waals surface area contributed by atoms with E-state index in [1.165, 1.54) is 27.8 Å². The summed E-state index contributed by atoms with van der Waals surface area (Å²) in [6, 6.07) is 9.78. The fourth-order valence-electron chi connectivity index (χ4n) is 1.85. The predicted molar refractivity (Wildman–Crippen MR) is 95.0 cm³/mol. The minimum absolute atomic E-state index is 0.334. The van der Waals surface area contributed by atoms with Crippen LogP contribution in [0, 0.1) is 10.9 Å². The number of nitrogens with zero attached hydrogens (tertiary/aromatic N) is 1. The lowest BCUT2D eigenvalue weighted by Gasteiger charge is -2.25. The van der Waals surface area contributed by atoms with Gasteiger partial charge in [-0.1, -0.05) is 24.3 Å². The molecular weight excluding hydrogens is 334 g/mol. The van der Waals surface area contributed by atoms with Crippen molar-refractivity contribution in [3.63, 3.8) is 0 Å². The zero-order valence-electron chi connectivity index (χ0n) is 12.4.